The molecule has 0 radical (unpaired) electrons. The number of carbonyl (C=O) groups is 2. The van der Waals surface area contributed by atoms with Gasteiger partial charge in [0.25, 0.3) is 0 Å². The summed E-state index contributed by atoms with van der Waals surface area (Å²) in [4.78, 5) is 26.8. The summed E-state index contributed by atoms with van der Waals surface area (Å²) in [6.45, 7) is 5.77. The first-order chi connectivity index (χ1) is 9.41. The summed E-state index contributed by atoms with van der Waals surface area (Å²) in [6, 6.07) is -0.450. The number of carbonyl (C=O) groups excluding carboxylic acids is 2. The fraction of sp³-hybridized carbons (Fsp3) is 0.867. The van der Waals surface area contributed by atoms with Gasteiger partial charge in [-0.2, -0.15) is 0 Å². The largest absolute Gasteiger partial charge is 0.342 e. The van der Waals surface area contributed by atoms with Gasteiger partial charge in [-0.15, -0.1) is 0 Å². The molecule has 1 aliphatic heterocycles. The number of nitrogens with one attached hydrogen (secondary N) is 1. The average Bonchev–Trinajstić information content (AvgIpc) is 3.20. The lowest BCUT2D eigenvalue weighted by Crippen LogP contribution is -2.70. The van der Waals surface area contributed by atoms with E-state index >= 15 is 0 Å². The van der Waals surface area contributed by atoms with Crippen LogP contribution in [0.2, 0.25) is 0 Å². The number of nitrogens with zero attached hydrogens (tertiary/aromatic N) is 1. The zero-order valence-corrected chi connectivity index (χ0v) is 12.6. The van der Waals surface area contributed by atoms with E-state index in [4.69, 9.17) is 0 Å². The van der Waals surface area contributed by atoms with E-state index in [1.807, 2.05) is 20.8 Å². The summed E-state index contributed by atoms with van der Waals surface area (Å²) in [5, 5.41) is 2.89. The van der Waals surface area contributed by atoms with Crippen molar-refractivity contribution in [1.82, 2.24) is 10.2 Å². The van der Waals surface area contributed by atoms with Crippen molar-refractivity contribution in [2.45, 2.75) is 58.0 Å². The number of rotatable bonds is 6. The van der Waals surface area contributed by atoms with Crippen molar-refractivity contribution in [3.05, 3.63) is 0 Å². The van der Waals surface area contributed by atoms with Crippen LogP contribution in [0.25, 0.3) is 0 Å². The molecule has 114 valence electrons. The Morgan fingerprint density at radius 1 is 1.40 bits per heavy atom. The minimum Gasteiger partial charge on any atom is -0.342 e. The maximum atomic E-state index is 12.6. The molecule has 20 heavy (non-hydrogen) atoms. The quantitative estimate of drug-likeness (QED) is 0.809. The maximum absolute atomic E-state index is 12.6. The number of halogens is 1. The summed E-state index contributed by atoms with van der Waals surface area (Å²) < 4.78 is 12.5. The monoisotopic (exact) mass is 284 g/mol. The zero-order valence-electron chi connectivity index (χ0n) is 12.6. The van der Waals surface area contributed by atoms with Gasteiger partial charge < -0.3 is 10.2 Å². The van der Waals surface area contributed by atoms with Gasteiger partial charge in [0.1, 0.15) is 11.6 Å². The second-order valence-corrected chi connectivity index (χ2v) is 6.61. The predicted molar refractivity (Wildman–Crippen MR) is 74.8 cm³/mol. The van der Waals surface area contributed by atoms with Crippen LogP contribution >= 0.6 is 0 Å². The van der Waals surface area contributed by atoms with Gasteiger partial charge in [0.05, 0.1) is 6.67 Å². The Labute approximate surface area is 120 Å². The van der Waals surface area contributed by atoms with E-state index in [9.17, 15) is 14.0 Å². The molecule has 1 saturated heterocycles. The minimum atomic E-state index is -0.778. The molecule has 0 aromatic carbocycles. The highest BCUT2D eigenvalue weighted by Crippen LogP contribution is 2.45. The van der Waals surface area contributed by atoms with Crippen molar-refractivity contribution in [2.75, 3.05) is 13.2 Å². The maximum Gasteiger partial charge on any atom is 0.246 e. The van der Waals surface area contributed by atoms with E-state index < -0.39 is 18.3 Å². The fourth-order valence-corrected chi connectivity index (χ4v) is 3.15. The SMILES string of the molecule is CC(C)CC1NC(=O)C(C)(C2CC2)N(CCCF)C1=O. The van der Waals surface area contributed by atoms with Crippen molar-refractivity contribution in [3.63, 3.8) is 0 Å². The summed E-state index contributed by atoms with van der Waals surface area (Å²) in [5.41, 5.74) is -0.778. The number of amides is 2. The van der Waals surface area contributed by atoms with E-state index in [0.29, 0.717) is 25.3 Å². The van der Waals surface area contributed by atoms with Crippen LogP contribution in [0, 0.1) is 11.8 Å². The molecule has 2 unspecified atom stereocenters. The van der Waals surface area contributed by atoms with E-state index in [-0.39, 0.29) is 17.7 Å². The van der Waals surface area contributed by atoms with Gasteiger partial charge in [-0.1, -0.05) is 13.8 Å². The van der Waals surface area contributed by atoms with Gasteiger partial charge in [0.15, 0.2) is 0 Å². The second kappa shape index (κ2) is 5.70. The molecule has 1 aliphatic carbocycles. The summed E-state index contributed by atoms with van der Waals surface area (Å²) in [6.07, 6.45) is 2.88. The molecule has 0 spiro atoms. The Balaban J connectivity index is 2.21. The normalized spacial score (nSPS) is 30.9. The van der Waals surface area contributed by atoms with Gasteiger partial charge in [0.2, 0.25) is 11.8 Å². The van der Waals surface area contributed by atoms with Crippen LogP contribution in [0.5, 0.6) is 0 Å². The molecule has 5 heteroatoms. The molecule has 1 heterocycles. The molecule has 0 aromatic heterocycles. The van der Waals surface area contributed by atoms with Crippen LogP contribution in [0.4, 0.5) is 4.39 Å². The molecule has 1 N–H and O–H groups in total. The smallest absolute Gasteiger partial charge is 0.246 e. The highest BCUT2D eigenvalue weighted by molar-refractivity contribution is 6.00. The van der Waals surface area contributed by atoms with Crippen LogP contribution in [-0.4, -0.2) is 41.5 Å². The average molecular weight is 284 g/mol. The molecule has 1 saturated carbocycles. The Bertz CT molecular complexity index is 395. The van der Waals surface area contributed by atoms with Crippen molar-refractivity contribution in [3.8, 4) is 0 Å². The predicted octanol–water partition coefficient (Wildman–Crippen LogP) is 1.89. The van der Waals surface area contributed by atoms with Crippen LogP contribution < -0.4 is 5.32 Å². The summed E-state index contributed by atoms with van der Waals surface area (Å²) in [7, 11) is 0. The topological polar surface area (TPSA) is 49.4 Å². The zero-order chi connectivity index (χ0) is 14.9. The molecular formula is C15H25FN2O2. The molecule has 2 rings (SSSR count). The van der Waals surface area contributed by atoms with E-state index in [1.165, 1.54) is 0 Å². The number of hydrogen-bond acceptors (Lipinski definition) is 2. The number of alkyl halides is 1. The third-order valence-electron chi connectivity index (χ3n) is 4.48. The van der Waals surface area contributed by atoms with E-state index in [2.05, 4.69) is 5.32 Å². The first-order valence-corrected chi connectivity index (χ1v) is 7.59. The van der Waals surface area contributed by atoms with Crippen LogP contribution in [0.15, 0.2) is 0 Å². The highest BCUT2D eigenvalue weighted by Gasteiger charge is 2.56. The van der Waals surface area contributed by atoms with Crippen molar-refractivity contribution in [2.24, 2.45) is 11.8 Å². The van der Waals surface area contributed by atoms with Gasteiger partial charge in [-0.3, -0.25) is 14.0 Å². The first-order valence-electron chi connectivity index (χ1n) is 7.59. The van der Waals surface area contributed by atoms with Crippen LogP contribution in [0.1, 0.15) is 46.5 Å². The molecule has 2 aliphatic rings. The highest BCUT2D eigenvalue weighted by atomic mass is 19.1. The third kappa shape index (κ3) is 2.67. The van der Waals surface area contributed by atoms with Crippen molar-refractivity contribution >= 4 is 11.8 Å². The van der Waals surface area contributed by atoms with Crippen LogP contribution in [0.3, 0.4) is 0 Å². The molecule has 2 amide bonds. The Morgan fingerprint density at radius 3 is 2.55 bits per heavy atom. The summed E-state index contributed by atoms with van der Waals surface area (Å²) >= 11 is 0. The van der Waals surface area contributed by atoms with Crippen LogP contribution in [-0.2, 0) is 9.59 Å². The minimum absolute atomic E-state index is 0.0406. The van der Waals surface area contributed by atoms with E-state index in [1.54, 1.807) is 4.90 Å². The molecule has 2 atom stereocenters. The van der Waals surface area contributed by atoms with Gasteiger partial charge in [0, 0.05) is 6.54 Å². The molecule has 0 aromatic rings. The van der Waals surface area contributed by atoms with E-state index in [0.717, 1.165) is 12.8 Å². The molecule has 2 fully saturated rings. The summed E-state index contributed by atoms with van der Waals surface area (Å²) in [5.74, 6) is 0.453. The fourth-order valence-electron chi connectivity index (χ4n) is 3.15. The third-order valence-corrected chi connectivity index (χ3v) is 4.48. The number of piperazine rings is 1. The lowest BCUT2D eigenvalue weighted by Gasteiger charge is -2.47. The van der Waals surface area contributed by atoms with Crippen molar-refractivity contribution in [1.29, 1.82) is 0 Å². The Morgan fingerprint density at radius 2 is 2.05 bits per heavy atom. The lowest BCUT2D eigenvalue weighted by molar-refractivity contribution is -0.158. The molecular weight excluding hydrogens is 259 g/mol. The first kappa shape index (κ1) is 15.3. The van der Waals surface area contributed by atoms with Crippen molar-refractivity contribution < 1.29 is 14.0 Å². The van der Waals surface area contributed by atoms with Gasteiger partial charge >= 0.3 is 0 Å². The van der Waals surface area contributed by atoms with Gasteiger partial charge in [-0.25, -0.2) is 0 Å². The molecule has 4 nitrogen and oxygen atoms in total. The Kier molecular flexibility index (Phi) is 4.35. The lowest BCUT2D eigenvalue weighted by atomic mass is 9.86. The second-order valence-electron chi connectivity index (χ2n) is 6.61. The van der Waals surface area contributed by atoms with Gasteiger partial charge in [-0.05, 0) is 44.4 Å². The standard InChI is InChI=1S/C15H25FN2O2/c1-10(2)9-12-13(19)18(8-4-7-16)15(3,11-5-6-11)14(20)17-12/h10-12H,4-9H2,1-3H3,(H,17,20). The molecule has 0 bridgehead atoms. The number of hydrogen-bond donors (Lipinski definition) is 1. The Hall–Kier alpha value is -1.13.